The van der Waals surface area contributed by atoms with Gasteiger partial charge in [-0.1, -0.05) is 38.1 Å². The molecular weight excluding hydrogens is 276 g/mol. The Morgan fingerprint density at radius 3 is 2.41 bits per heavy atom. The van der Waals surface area contributed by atoms with Crippen molar-refractivity contribution in [2.24, 2.45) is 0 Å². The minimum atomic E-state index is 0.221. The van der Waals surface area contributed by atoms with Gasteiger partial charge in [0.2, 0.25) is 5.89 Å². The Bertz CT molecular complexity index is 639. The zero-order valence-corrected chi connectivity index (χ0v) is 13.6. The van der Waals surface area contributed by atoms with Crippen LogP contribution in [0.3, 0.4) is 0 Å². The quantitative estimate of drug-likeness (QED) is 0.814. The third-order valence-electron chi connectivity index (χ3n) is 3.80. The van der Waals surface area contributed by atoms with Gasteiger partial charge in [-0.25, -0.2) is 0 Å². The van der Waals surface area contributed by atoms with Crippen LogP contribution in [-0.2, 0) is 6.54 Å². The van der Waals surface area contributed by atoms with Gasteiger partial charge in [0.25, 0.3) is 0 Å². The summed E-state index contributed by atoms with van der Waals surface area (Å²) in [5.74, 6) is 1.63. The molecule has 0 amide bonds. The van der Waals surface area contributed by atoms with Crippen LogP contribution in [0, 0.1) is 11.3 Å². The Labute approximate surface area is 131 Å². The number of aromatic nitrogens is 2. The molecule has 0 aliphatic carbocycles. The van der Waals surface area contributed by atoms with Crippen LogP contribution in [0.2, 0.25) is 0 Å². The molecule has 116 valence electrons. The van der Waals surface area contributed by atoms with Crippen molar-refractivity contribution in [3.05, 3.63) is 47.1 Å². The van der Waals surface area contributed by atoms with Crippen LogP contribution in [0.25, 0.3) is 0 Å². The van der Waals surface area contributed by atoms with Crippen LogP contribution in [0.15, 0.2) is 28.8 Å². The number of benzene rings is 1. The summed E-state index contributed by atoms with van der Waals surface area (Å²) in [6.07, 6.45) is 0. The third kappa shape index (κ3) is 3.71. The van der Waals surface area contributed by atoms with Gasteiger partial charge in [0.1, 0.15) is 0 Å². The highest BCUT2D eigenvalue weighted by Crippen LogP contribution is 2.22. The molecular formula is C17H22N4O. The number of hydrogen-bond donors (Lipinski definition) is 0. The monoisotopic (exact) mass is 298 g/mol. The van der Waals surface area contributed by atoms with Crippen molar-refractivity contribution in [1.82, 2.24) is 15.0 Å². The fraction of sp³-hybridized carbons (Fsp3) is 0.471. The van der Waals surface area contributed by atoms with E-state index < -0.39 is 0 Å². The Hall–Kier alpha value is -2.19. The SMILES string of the molecule is CCN(Cc1noc(C(C)C)n1)C(C)c1ccc(C#N)cc1. The van der Waals surface area contributed by atoms with E-state index in [-0.39, 0.29) is 12.0 Å². The summed E-state index contributed by atoms with van der Waals surface area (Å²) in [5.41, 5.74) is 1.85. The van der Waals surface area contributed by atoms with Gasteiger partial charge in [-0.15, -0.1) is 0 Å². The lowest BCUT2D eigenvalue weighted by atomic mass is 10.1. The Morgan fingerprint density at radius 1 is 1.23 bits per heavy atom. The first-order valence-electron chi connectivity index (χ1n) is 7.61. The van der Waals surface area contributed by atoms with Crippen molar-refractivity contribution in [1.29, 1.82) is 5.26 Å². The van der Waals surface area contributed by atoms with Crippen LogP contribution in [0.5, 0.6) is 0 Å². The maximum absolute atomic E-state index is 8.88. The summed E-state index contributed by atoms with van der Waals surface area (Å²) in [6.45, 7) is 9.86. The van der Waals surface area contributed by atoms with E-state index in [1.165, 1.54) is 5.56 Å². The number of rotatable bonds is 6. The van der Waals surface area contributed by atoms with Crippen LogP contribution in [-0.4, -0.2) is 21.6 Å². The van der Waals surface area contributed by atoms with Crippen molar-refractivity contribution < 1.29 is 4.52 Å². The normalized spacial score (nSPS) is 12.6. The largest absolute Gasteiger partial charge is 0.339 e. The summed E-state index contributed by atoms with van der Waals surface area (Å²) < 4.78 is 5.26. The maximum atomic E-state index is 8.88. The predicted molar refractivity (Wildman–Crippen MR) is 84.0 cm³/mol. The van der Waals surface area contributed by atoms with Gasteiger partial charge in [0.15, 0.2) is 5.82 Å². The number of hydrogen-bond acceptors (Lipinski definition) is 5. The summed E-state index contributed by atoms with van der Waals surface area (Å²) in [5, 5.41) is 12.9. The molecule has 1 unspecified atom stereocenters. The van der Waals surface area contributed by atoms with Crippen molar-refractivity contribution in [2.45, 2.75) is 46.2 Å². The molecule has 0 spiro atoms. The highest BCUT2D eigenvalue weighted by molar-refractivity contribution is 5.32. The molecule has 0 N–H and O–H groups in total. The smallest absolute Gasteiger partial charge is 0.229 e. The summed E-state index contributed by atoms with van der Waals surface area (Å²) in [7, 11) is 0. The van der Waals surface area contributed by atoms with Crippen LogP contribution >= 0.6 is 0 Å². The molecule has 0 aliphatic heterocycles. The molecule has 22 heavy (non-hydrogen) atoms. The molecule has 0 saturated carbocycles. The molecule has 0 radical (unpaired) electrons. The van der Waals surface area contributed by atoms with E-state index in [4.69, 9.17) is 9.78 Å². The van der Waals surface area contributed by atoms with Gasteiger partial charge in [0.05, 0.1) is 18.2 Å². The van der Waals surface area contributed by atoms with E-state index in [1.54, 1.807) is 0 Å². The fourth-order valence-corrected chi connectivity index (χ4v) is 2.32. The van der Waals surface area contributed by atoms with Crippen LogP contribution in [0.1, 0.15) is 62.5 Å². The summed E-state index contributed by atoms with van der Waals surface area (Å²) in [6, 6.07) is 10.1. The Morgan fingerprint density at radius 2 is 1.91 bits per heavy atom. The van der Waals surface area contributed by atoms with Crippen molar-refractivity contribution in [2.75, 3.05) is 6.54 Å². The lowest BCUT2D eigenvalue weighted by Gasteiger charge is -2.26. The van der Waals surface area contributed by atoms with Gasteiger partial charge >= 0.3 is 0 Å². The van der Waals surface area contributed by atoms with E-state index in [1.807, 2.05) is 38.1 Å². The highest BCUT2D eigenvalue weighted by atomic mass is 16.5. The molecule has 1 atom stereocenters. The third-order valence-corrected chi connectivity index (χ3v) is 3.80. The molecule has 5 nitrogen and oxygen atoms in total. The van der Waals surface area contributed by atoms with E-state index in [0.717, 1.165) is 6.54 Å². The minimum Gasteiger partial charge on any atom is -0.339 e. The average Bonchev–Trinajstić information content (AvgIpc) is 3.01. The fourth-order valence-electron chi connectivity index (χ4n) is 2.32. The van der Waals surface area contributed by atoms with E-state index in [9.17, 15) is 0 Å². The second-order valence-electron chi connectivity index (χ2n) is 5.68. The first-order valence-corrected chi connectivity index (χ1v) is 7.61. The standard InChI is InChI=1S/C17H22N4O/c1-5-21(11-16-19-17(12(2)3)22-20-16)13(4)15-8-6-14(10-18)7-9-15/h6-9,12-13H,5,11H2,1-4H3. The van der Waals surface area contributed by atoms with Gasteiger partial charge < -0.3 is 4.52 Å². The first kappa shape index (κ1) is 16.2. The van der Waals surface area contributed by atoms with Crippen molar-refractivity contribution in [3.63, 3.8) is 0 Å². The van der Waals surface area contributed by atoms with Gasteiger partial charge in [0, 0.05) is 12.0 Å². The number of nitriles is 1. The number of nitrogens with zero attached hydrogens (tertiary/aromatic N) is 4. The van der Waals surface area contributed by atoms with Gasteiger partial charge in [-0.3, -0.25) is 4.90 Å². The molecule has 1 aromatic heterocycles. The lowest BCUT2D eigenvalue weighted by Crippen LogP contribution is -2.27. The molecule has 1 aromatic carbocycles. The minimum absolute atomic E-state index is 0.221. The Kier molecular flexibility index (Phi) is 5.29. The second-order valence-corrected chi connectivity index (χ2v) is 5.68. The molecule has 1 heterocycles. The molecule has 5 heteroatoms. The molecule has 0 saturated heterocycles. The van der Waals surface area contributed by atoms with Crippen molar-refractivity contribution in [3.8, 4) is 6.07 Å². The summed E-state index contributed by atoms with van der Waals surface area (Å²) in [4.78, 5) is 6.71. The van der Waals surface area contributed by atoms with Gasteiger partial charge in [-0.05, 0) is 31.2 Å². The molecule has 0 bridgehead atoms. The Balaban J connectivity index is 2.10. The topological polar surface area (TPSA) is 66.0 Å². The lowest BCUT2D eigenvalue weighted by molar-refractivity contribution is 0.204. The highest BCUT2D eigenvalue weighted by Gasteiger charge is 2.18. The van der Waals surface area contributed by atoms with Crippen molar-refractivity contribution >= 4 is 0 Å². The maximum Gasteiger partial charge on any atom is 0.229 e. The first-order chi connectivity index (χ1) is 10.5. The average molecular weight is 298 g/mol. The molecule has 2 rings (SSSR count). The van der Waals surface area contributed by atoms with E-state index in [2.05, 4.69) is 35.0 Å². The summed E-state index contributed by atoms with van der Waals surface area (Å²) >= 11 is 0. The molecule has 0 fully saturated rings. The second kappa shape index (κ2) is 7.19. The van der Waals surface area contributed by atoms with Gasteiger partial charge in [-0.2, -0.15) is 10.2 Å². The zero-order chi connectivity index (χ0) is 16.1. The zero-order valence-electron chi connectivity index (χ0n) is 13.6. The predicted octanol–water partition coefficient (Wildman–Crippen LogP) is 3.65. The van der Waals surface area contributed by atoms with Crippen LogP contribution < -0.4 is 0 Å². The van der Waals surface area contributed by atoms with E-state index in [0.29, 0.717) is 23.8 Å². The van der Waals surface area contributed by atoms with Crippen LogP contribution in [0.4, 0.5) is 0 Å². The molecule has 2 aromatic rings. The van der Waals surface area contributed by atoms with E-state index >= 15 is 0 Å². The molecule has 0 aliphatic rings.